The van der Waals surface area contributed by atoms with Crippen LogP contribution in [0, 0.1) is 5.95 Å². The molecule has 88 valence electrons. The Morgan fingerprint density at radius 2 is 1.65 bits per heavy atom. The summed E-state index contributed by atoms with van der Waals surface area (Å²) in [4.78, 5) is 3.35. The SMILES string of the molecule is Fc1cc(-c2cccc(C(F)(F)F)c2)ccn1. The van der Waals surface area contributed by atoms with Gasteiger partial charge in [0.2, 0.25) is 5.95 Å². The average molecular weight is 241 g/mol. The minimum Gasteiger partial charge on any atom is -0.228 e. The van der Waals surface area contributed by atoms with Crippen LogP contribution in [0.1, 0.15) is 5.56 Å². The smallest absolute Gasteiger partial charge is 0.228 e. The van der Waals surface area contributed by atoms with E-state index in [4.69, 9.17) is 0 Å². The number of pyridine rings is 1. The predicted octanol–water partition coefficient (Wildman–Crippen LogP) is 3.91. The Bertz CT molecular complexity index is 534. The van der Waals surface area contributed by atoms with E-state index in [-0.39, 0.29) is 0 Å². The Balaban J connectivity index is 2.47. The van der Waals surface area contributed by atoms with E-state index in [0.29, 0.717) is 11.1 Å². The van der Waals surface area contributed by atoms with Crippen molar-refractivity contribution in [2.24, 2.45) is 0 Å². The Labute approximate surface area is 94.7 Å². The van der Waals surface area contributed by atoms with Gasteiger partial charge in [-0.2, -0.15) is 17.6 Å². The molecule has 0 radical (unpaired) electrons. The van der Waals surface area contributed by atoms with Crippen LogP contribution in [0.3, 0.4) is 0 Å². The van der Waals surface area contributed by atoms with Crippen LogP contribution in [0.2, 0.25) is 0 Å². The molecule has 0 saturated carbocycles. The predicted molar refractivity (Wildman–Crippen MR) is 54.6 cm³/mol. The van der Waals surface area contributed by atoms with Crippen molar-refractivity contribution >= 4 is 0 Å². The second kappa shape index (κ2) is 4.16. The molecule has 0 fully saturated rings. The van der Waals surface area contributed by atoms with E-state index in [1.165, 1.54) is 24.4 Å². The second-order valence-corrected chi connectivity index (χ2v) is 3.45. The lowest BCUT2D eigenvalue weighted by molar-refractivity contribution is -0.137. The number of nitrogens with zero attached hydrogens (tertiary/aromatic N) is 1. The molecule has 0 atom stereocenters. The van der Waals surface area contributed by atoms with Crippen LogP contribution in [0.15, 0.2) is 42.6 Å². The summed E-state index contributed by atoms with van der Waals surface area (Å²) in [6.45, 7) is 0. The first kappa shape index (κ1) is 11.6. The highest BCUT2D eigenvalue weighted by atomic mass is 19.4. The fourth-order valence-corrected chi connectivity index (χ4v) is 1.46. The lowest BCUT2D eigenvalue weighted by atomic mass is 10.0. The molecule has 0 saturated heterocycles. The molecule has 1 aromatic carbocycles. The summed E-state index contributed by atoms with van der Waals surface area (Å²) in [5, 5.41) is 0. The zero-order valence-corrected chi connectivity index (χ0v) is 8.50. The number of rotatable bonds is 1. The molecular formula is C12H7F4N. The minimum atomic E-state index is -4.40. The third-order valence-corrected chi connectivity index (χ3v) is 2.25. The molecule has 0 aliphatic carbocycles. The second-order valence-electron chi connectivity index (χ2n) is 3.45. The molecule has 2 rings (SSSR count). The van der Waals surface area contributed by atoms with Crippen LogP contribution in [0.25, 0.3) is 11.1 Å². The van der Waals surface area contributed by atoms with Gasteiger partial charge in [0, 0.05) is 12.3 Å². The third-order valence-electron chi connectivity index (χ3n) is 2.25. The summed E-state index contributed by atoms with van der Waals surface area (Å²) in [5.74, 6) is -0.722. The van der Waals surface area contributed by atoms with E-state index < -0.39 is 17.7 Å². The molecule has 1 aromatic heterocycles. The Kier molecular flexibility index (Phi) is 2.83. The summed E-state index contributed by atoms with van der Waals surface area (Å²) in [7, 11) is 0. The molecule has 0 aliphatic rings. The zero-order valence-electron chi connectivity index (χ0n) is 8.50. The minimum absolute atomic E-state index is 0.307. The maximum absolute atomic E-state index is 12.9. The van der Waals surface area contributed by atoms with Crippen LogP contribution >= 0.6 is 0 Å². The third kappa shape index (κ3) is 2.61. The quantitative estimate of drug-likeness (QED) is 0.545. The number of benzene rings is 1. The highest BCUT2D eigenvalue weighted by Crippen LogP contribution is 2.32. The van der Waals surface area contributed by atoms with Crippen LogP contribution in [0.5, 0.6) is 0 Å². The molecule has 2 aromatic rings. The average Bonchev–Trinajstić information content (AvgIpc) is 2.28. The first-order valence-electron chi connectivity index (χ1n) is 4.76. The van der Waals surface area contributed by atoms with Crippen LogP contribution in [-0.4, -0.2) is 4.98 Å². The molecule has 1 heterocycles. The lowest BCUT2D eigenvalue weighted by Gasteiger charge is -2.08. The van der Waals surface area contributed by atoms with Crippen LogP contribution in [0.4, 0.5) is 17.6 Å². The summed E-state index contributed by atoms with van der Waals surface area (Å²) < 4.78 is 50.3. The first-order chi connectivity index (χ1) is 7.97. The van der Waals surface area contributed by atoms with E-state index in [1.807, 2.05) is 0 Å². The molecule has 0 unspecified atom stereocenters. The van der Waals surface area contributed by atoms with Crippen molar-refractivity contribution in [2.45, 2.75) is 6.18 Å². The standard InChI is InChI=1S/C12H7F4N/c13-11-7-9(4-5-17-11)8-2-1-3-10(6-8)12(14,15)16/h1-7H. The van der Waals surface area contributed by atoms with Crippen molar-refractivity contribution in [2.75, 3.05) is 0 Å². The fourth-order valence-electron chi connectivity index (χ4n) is 1.46. The van der Waals surface area contributed by atoms with Gasteiger partial charge in [0.25, 0.3) is 0 Å². The van der Waals surface area contributed by atoms with Crippen LogP contribution in [-0.2, 0) is 6.18 Å². The molecular weight excluding hydrogens is 234 g/mol. The highest BCUT2D eigenvalue weighted by molar-refractivity contribution is 5.63. The fraction of sp³-hybridized carbons (Fsp3) is 0.0833. The number of hydrogen-bond acceptors (Lipinski definition) is 1. The van der Waals surface area contributed by atoms with Gasteiger partial charge in [-0.25, -0.2) is 4.98 Å². The van der Waals surface area contributed by atoms with Gasteiger partial charge in [0.1, 0.15) is 0 Å². The molecule has 1 nitrogen and oxygen atoms in total. The molecule has 0 spiro atoms. The van der Waals surface area contributed by atoms with Gasteiger partial charge in [-0.3, -0.25) is 0 Å². The Morgan fingerprint density at radius 3 is 2.29 bits per heavy atom. The van der Waals surface area contributed by atoms with E-state index in [0.717, 1.165) is 18.2 Å². The molecule has 0 amide bonds. The molecule has 0 aliphatic heterocycles. The molecule has 17 heavy (non-hydrogen) atoms. The van der Waals surface area contributed by atoms with Gasteiger partial charge in [-0.1, -0.05) is 12.1 Å². The van der Waals surface area contributed by atoms with Crippen molar-refractivity contribution in [3.05, 3.63) is 54.1 Å². The van der Waals surface area contributed by atoms with Crippen molar-refractivity contribution in [3.8, 4) is 11.1 Å². The van der Waals surface area contributed by atoms with Gasteiger partial charge in [0.15, 0.2) is 0 Å². The number of hydrogen-bond donors (Lipinski definition) is 0. The van der Waals surface area contributed by atoms with E-state index in [1.54, 1.807) is 0 Å². The number of halogens is 4. The topological polar surface area (TPSA) is 12.9 Å². The van der Waals surface area contributed by atoms with E-state index >= 15 is 0 Å². The van der Waals surface area contributed by atoms with Crippen molar-refractivity contribution in [1.82, 2.24) is 4.98 Å². The van der Waals surface area contributed by atoms with Crippen molar-refractivity contribution in [3.63, 3.8) is 0 Å². The first-order valence-corrected chi connectivity index (χ1v) is 4.76. The molecule has 0 bridgehead atoms. The number of alkyl halides is 3. The largest absolute Gasteiger partial charge is 0.416 e. The van der Waals surface area contributed by atoms with Gasteiger partial charge >= 0.3 is 6.18 Å². The summed E-state index contributed by atoms with van der Waals surface area (Å²) >= 11 is 0. The summed E-state index contributed by atoms with van der Waals surface area (Å²) in [6.07, 6.45) is -3.19. The maximum Gasteiger partial charge on any atom is 0.416 e. The van der Waals surface area contributed by atoms with Crippen molar-refractivity contribution in [1.29, 1.82) is 0 Å². The van der Waals surface area contributed by atoms with Gasteiger partial charge in [0.05, 0.1) is 5.56 Å². The summed E-state index contributed by atoms with van der Waals surface area (Å²) in [6, 6.07) is 7.28. The van der Waals surface area contributed by atoms with E-state index in [2.05, 4.69) is 4.98 Å². The molecule has 0 N–H and O–H groups in total. The van der Waals surface area contributed by atoms with Crippen molar-refractivity contribution < 1.29 is 17.6 Å². The number of aromatic nitrogens is 1. The van der Waals surface area contributed by atoms with Gasteiger partial charge < -0.3 is 0 Å². The lowest BCUT2D eigenvalue weighted by Crippen LogP contribution is -2.04. The highest BCUT2D eigenvalue weighted by Gasteiger charge is 2.30. The van der Waals surface area contributed by atoms with Gasteiger partial charge in [-0.15, -0.1) is 0 Å². The normalized spacial score (nSPS) is 11.5. The molecule has 5 heteroatoms. The Hall–Kier alpha value is -1.91. The maximum atomic E-state index is 12.9. The van der Waals surface area contributed by atoms with Crippen LogP contribution < -0.4 is 0 Å². The monoisotopic (exact) mass is 241 g/mol. The van der Waals surface area contributed by atoms with Gasteiger partial charge in [-0.05, 0) is 29.3 Å². The van der Waals surface area contributed by atoms with E-state index in [9.17, 15) is 17.6 Å². The summed E-state index contributed by atoms with van der Waals surface area (Å²) in [5.41, 5.74) is -0.0862. The Morgan fingerprint density at radius 1 is 0.941 bits per heavy atom. The zero-order chi connectivity index (χ0) is 12.5.